The zero-order valence-corrected chi connectivity index (χ0v) is 16.3. The lowest BCUT2D eigenvalue weighted by molar-refractivity contribution is 0.520. The maximum Gasteiger partial charge on any atom is 0.203 e. The van der Waals surface area contributed by atoms with Gasteiger partial charge in [-0.25, -0.2) is 4.98 Å². The van der Waals surface area contributed by atoms with Crippen molar-refractivity contribution in [2.24, 2.45) is 5.92 Å². The van der Waals surface area contributed by atoms with E-state index in [4.69, 9.17) is 0 Å². The molecule has 3 aromatic rings. The molecular weight excluding hydrogens is 374 g/mol. The van der Waals surface area contributed by atoms with E-state index in [2.05, 4.69) is 93.2 Å². The van der Waals surface area contributed by atoms with Crippen LogP contribution in [0.2, 0.25) is 0 Å². The van der Waals surface area contributed by atoms with Crippen molar-refractivity contribution in [2.75, 3.05) is 5.32 Å². The second-order valence-electron chi connectivity index (χ2n) is 6.65. The summed E-state index contributed by atoms with van der Waals surface area (Å²) in [7, 11) is 0. The average molecular weight is 398 g/mol. The fourth-order valence-corrected chi connectivity index (χ4v) is 3.02. The first-order chi connectivity index (χ1) is 12.1. The zero-order valence-electron chi connectivity index (χ0n) is 14.7. The highest BCUT2D eigenvalue weighted by Gasteiger charge is 2.12. The molecule has 0 aliphatic rings. The Hall–Kier alpha value is -2.07. The van der Waals surface area contributed by atoms with Crippen molar-refractivity contribution in [3.8, 4) is 11.3 Å². The number of aromatic nitrogens is 2. The minimum atomic E-state index is 0.658. The standard InChI is InChI=1S/C21H24BrN3/c1-16(2)12-13-25-20(18-6-4-3-5-7-18)15-24-21(25)23-14-17-8-10-19(22)11-9-17/h3-11,15-16H,12-14H2,1-2H3,(H,23,24). The lowest BCUT2D eigenvalue weighted by Crippen LogP contribution is -2.10. The highest BCUT2D eigenvalue weighted by Crippen LogP contribution is 2.24. The van der Waals surface area contributed by atoms with Crippen molar-refractivity contribution < 1.29 is 0 Å². The van der Waals surface area contributed by atoms with Crippen molar-refractivity contribution in [3.05, 3.63) is 70.8 Å². The Morgan fingerprint density at radius 2 is 1.76 bits per heavy atom. The van der Waals surface area contributed by atoms with E-state index < -0.39 is 0 Å². The van der Waals surface area contributed by atoms with Crippen LogP contribution in [0.15, 0.2) is 65.3 Å². The van der Waals surface area contributed by atoms with Crippen LogP contribution in [0.5, 0.6) is 0 Å². The molecule has 1 N–H and O–H groups in total. The number of halogens is 1. The van der Waals surface area contributed by atoms with E-state index in [-0.39, 0.29) is 0 Å². The summed E-state index contributed by atoms with van der Waals surface area (Å²) in [6.07, 6.45) is 3.10. The van der Waals surface area contributed by atoms with Crippen molar-refractivity contribution >= 4 is 21.9 Å². The number of hydrogen-bond acceptors (Lipinski definition) is 2. The van der Waals surface area contributed by atoms with E-state index in [9.17, 15) is 0 Å². The van der Waals surface area contributed by atoms with Crippen LogP contribution in [0, 0.1) is 5.92 Å². The van der Waals surface area contributed by atoms with Gasteiger partial charge >= 0.3 is 0 Å². The molecule has 4 heteroatoms. The topological polar surface area (TPSA) is 29.9 Å². The van der Waals surface area contributed by atoms with Gasteiger partial charge in [0.15, 0.2) is 0 Å². The molecule has 0 spiro atoms. The van der Waals surface area contributed by atoms with Gasteiger partial charge in [-0.1, -0.05) is 72.2 Å². The Labute approximate surface area is 158 Å². The van der Waals surface area contributed by atoms with Crippen LogP contribution in [0.1, 0.15) is 25.8 Å². The number of nitrogens with one attached hydrogen (secondary N) is 1. The number of nitrogens with zero attached hydrogens (tertiary/aromatic N) is 2. The Morgan fingerprint density at radius 1 is 1.04 bits per heavy atom. The minimum absolute atomic E-state index is 0.658. The number of hydrogen-bond donors (Lipinski definition) is 1. The second kappa shape index (κ2) is 8.34. The highest BCUT2D eigenvalue weighted by molar-refractivity contribution is 9.10. The lowest BCUT2D eigenvalue weighted by atomic mass is 10.1. The fourth-order valence-electron chi connectivity index (χ4n) is 2.75. The molecule has 3 nitrogen and oxygen atoms in total. The van der Waals surface area contributed by atoms with Crippen molar-refractivity contribution in [2.45, 2.75) is 33.4 Å². The van der Waals surface area contributed by atoms with Gasteiger partial charge in [0.05, 0.1) is 11.9 Å². The first-order valence-electron chi connectivity index (χ1n) is 8.73. The summed E-state index contributed by atoms with van der Waals surface area (Å²) in [5, 5.41) is 3.50. The fraction of sp³-hybridized carbons (Fsp3) is 0.286. The van der Waals surface area contributed by atoms with Gasteiger partial charge in [0.1, 0.15) is 0 Å². The van der Waals surface area contributed by atoms with Crippen LogP contribution in [0.25, 0.3) is 11.3 Å². The molecule has 0 bridgehead atoms. The Bertz CT molecular complexity index is 792. The molecule has 0 unspecified atom stereocenters. The van der Waals surface area contributed by atoms with E-state index >= 15 is 0 Å². The zero-order chi connectivity index (χ0) is 17.6. The first-order valence-corrected chi connectivity index (χ1v) is 9.52. The van der Waals surface area contributed by atoms with Crippen molar-refractivity contribution in [3.63, 3.8) is 0 Å². The molecule has 0 atom stereocenters. The van der Waals surface area contributed by atoms with E-state index in [0.29, 0.717) is 5.92 Å². The van der Waals surface area contributed by atoms with Gasteiger partial charge in [-0.3, -0.25) is 0 Å². The van der Waals surface area contributed by atoms with Crippen LogP contribution in [-0.4, -0.2) is 9.55 Å². The molecule has 0 amide bonds. The van der Waals surface area contributed by atoms with Gasteiger partial charge in [0.2, 0.25) is 5.95 Å². The lowest BCUT2D eigenvalue weighted by Gasteiger charge is -2.14. The van der Waals surface area contributed by atoms with Gasteiger partial charge in [-0.15, -0.1) is 0 Å². The third kappa shape index (κ3) is 4.73. The number of imidazole rings is 1. The van der Waals surface area contributed by atoms with E-state index in [1.54, 1.807) is 0 Å². The molecule has 1 heterocycles. The first kappa shape index (κ1) is 17.7. The molecule has 2 aromatic carbocycles. The Morgan fingerprint density at radius 3 is 2.44 bits per heavy atom. The molecule has 130 valence electrons. The van der Waals surface area contributed by atoms with E-state index in [1.165, 1.54) is 16.8 Å². The molecule has 0 aliphatic carbocycles. The maximum absolute atomic E-state index is 4.65. The molecule has 0 saturated heterocycles. The molecule has 0 radical (unpaired) electrons. The minimum Gasteiger partial charge on any atom is -0.352 e. The monoisotopic (exact) mass is 397 g/mol. The quantitative estimate of drug-likeness (QED) is 0.531. The van der Waals surface area contributed by atoms with Crippen molar-refractivity contribution in [1.82, 2.24) is 9.55 Å². The van der Waals surface area contributed by atoms with Gasteiger partial charge in [0.25, 0.3) is 0 Å². The van der Waals surface area contributed by atoms with Crippen LogP contribution in [0.3, 0.4) is 0 Å². The molecule has 25 heavy (non-hydrogen) atoms. The van der Waals surface area contributed by atoms with Gasteiger partial charge in [-0.05, 0) is 35.6 Å². The molecule has 0 saturated carbocycles. The Kier molecular flexibility index (Phi) is 5.92. The summed E-state index contributed by atoms with van der Waals surface area (Å²) in [5.41, 5.74) is 3.61. The van der Waals surface area contributed by atoms with Gasteiger partial charge in [0, 0.05) is 17.6 Å². The molecule has 0 aliphatic heterocycles. The van der Waals surface area contributed by atoms with E-state index in [0.717, 1.165) is 29.9 Å². The normalized spacial score (nSPS) is 11.0. The largest absolute Gasteiger partial charge is 0.352 e. The van der Waals surface area contributed by atoms with Crippen LogP contribution in [0.4, 0.5) is 5.95 Å². The van der Waals surface area contributed by atoms with E-state index in [1.807, 2.05) is 12.3 Å². The molecule has 3 rings (SSSR count). The van der Waals surface area contributed by atoms with Crippen molar-refractivity contribution in [1.29, 1.82) is 0 Å². The maximum atomic E-state index is 4.65. The predicted molar refractivity (Wildman–Crippen MR) is 109 cm³/mol. The Balaban J connectivity index is 1.82. The summed E-state index contributed by atoms with van der Waals surface area (Å²) in [6, 6.07) is 18.9. The second-order valence-corrected chi connectivity index (χ2v) is 7.56. The third-order valence-corrected chi connectivity index (χ3v) is 4.75. The number of anilines is 1. The van der Waals surface area contributed by atoms with Gasteiger partial charge < -0.3 is 9.88 Å². The SMILES string of the molecule is CC(C)CCn1c(-c2ccccc2)cnc1NCc1ccc(Br)cc1. The third-order valence-electron chi connectivity index (χ3n) is 4.22. The summed E-state index contributed by atoms with van der Waals surface area (Å²) >= 11 is 3.48. The summed E-state index contributed by atoms with van der Waals surface area (Å²) in [5.74, 6) is 1.59. The van der Waals surface area contributed by atoms with Crippen LogP contribution in [-0.2, 0) is 13.1 Å². The summed E-state index contributed by atoms with van der Waals surface area (Å²) in [4.78, 5) is 4.65. The highest BCUT2D eigenvalue weighted by atomic mass is 79.9. The van der Waals surface area contributed by atoms with Gasteiger partial charge in [-0.2, -0.15) is 0 Å². The summed E-state index contributed by atoms with van der Waals surface area (Å²) in [6.45, 7) is 6.24. The predicted octanol–water partition coefficient (Wildman–Crippen LogP) is 5.97. The molecule has 1 aromatic heterocycles. The molecule has 0 fully saturated rings. The van der Waals surface area contributed by atoms with Crippen LogP contribution >= 0.6 is 15.9 Å². The van der Waals surface area contributed by atoms with Crippen LogP contribution < -0.4 is 5.32 Å². The molecular formula is C21H24BrN3. The summed E-state index contributed by atoms with van der Waals surface area (Å²) < 4.78 is 3.40. The average Bonchev–Trinajstić information content (AvgIpc) is 3.03. The number of benzene rings is 2. The smallest absolute Gasteiger partial charge is 0.203 e. The number of rotatable bonds is 7.